The van der Waals surface area contributed by atoms with E-state index in [4.69, 9.17) is 0 Å². The maximum atomic E-state index is 4.40. The largest absolute Gasteiger partial charge is 0.366 e. The van der Waals surface area contributed by atoms with Crippen molar-refractivity contribution >= 4 is 32.5 Å². The lowest BCUT2D eigenvalue weighted by Gasteiger charge is -2.09. The third-order valence-electron chi connectivity index (χ3n) is 3.32. The molecular formula is C17H15BrN2. The minimum absolute atomic E-state index is 0.778. The van der Waals surface area contributed by atoms with E-state index in [0.29, 0.717) is 0 Å². The van der Waals surface area contributed by atoms with Crippen LogP contribution >= 0.6 is 15.9 Å². The maximum absolute atomic E-state index is 4.40. The topological polar surface area (TPSA) is 24.9 Å². The van der Waals surface area contributed by atoms with Gasteiger partial charge in [-0.05, 0) is 56.9 Å². The molecule has 100 valence electrons. The summed E-state index contributed by atoms with van der Waals surface area (Å²) in [5, 5.41) is 5.93. The van der Waals surface area contributed by atoms with Crippen molar-refractivity contribution < 1.29 is 0 Å². The van der Waals surface area contributed by atoms with Crippen molar-refractivity contribution in [3.05, 3.63) is 70.3 Å². The number of fused-ring (bicyclic) bond motifs is 1. The quantitative estimate of drug-likeness (QED) is 0.739. The molecule has 3 rings (SSSR count). The first-order chi connectivity index (χ1) is 9.72. The van der Waals surface area contributed by atoms with E-state index < -0.39 is 0 Å². The molecule has 1 N–H and O–H groups in total. The molecule has 20 heavy (non-hydrogen) atoms. The molecular weight excluding hydrogens is 312 g/mol. The monoisotopic (exact) mass is 326 g/mol. The van der Waals surface area contributed by atoms with Gasteiger partial charge in [-0.3, -0.25) is 0 Å². The van der Waals surface area contributed by atoms with E-state index in [-0.39, 0.29) is 0 Å². The van der Waals surface area contributed by atoms with Crippen molar-refractivity contribution in [2.75, 3.05) is 5.32 Å². The minimum Gasteiger partial charge on any atom is -0.366 e. The molecule has 0 bridgehead atoms. The van der Waals surface area contributed by atoms with E-state index in [0.717, 1.165) is 22.4 Å². The summed E-state index contributed by atoms with van der Waals surface area (Å²) in [7, 11) is 0. The second-order valence-electron chi connectivity index (χ2n) is 4.85. The number of nitrogens with zero attached hydrogens (tertiary/aromatic N) is 1. The Labute approximate surface area is 127 Å². The van der Waals surface area contributed by atoms with Crippen LogP contribution in [0.15, 0.2) is 59.2 Å². The van der Waals surface area contributed by atoms with E-state index >= 15 is 0 Å². The average molecular weight is 327 g/mol. The van der Waals surface area contributed by atoms with E-state index in [1.165, 1.54) is 16.3 Å². The number of benzene rings is 2. The number of anilines is 1. The standard InChI is InChI=1S/C17H15BrN2/c1-12-8-16(18)11-20-17(12)19-10-13-6-7-14-4-2-3-5-15(14)9-13/h2-9,11H,10H2,1H3,(H,19,20). The number of hydrogen-bond acceptors (Lipinski definition) is 2. The molecule has 0 unspecified atom stereocenters. The molecule has 0 radical (unpaired) electrons. The fourth-order valence-electron chi connectivity index (χ4n) is 2.26. The maximum Gasteiger partial charge on any atom is 0.129 e. The van der Waals surface area contributed by atoms with E-state index in [9.17, 15) is 0 Å². The number of aromatic nitrogens is 1. The SMILES string of the molecule is Cc1cc(Br)cnc1NCc1ccc2ccccc2c1. The fraction of sp³-hybridized carbons (Fsp3) is 0.118. The van der Waals surface area contributed by atoms with Crippen LogP contribution in [-0.2, 0) is 6.54 Å². The summed E-state index contributed by atoms with van der Waals surface area (Å²) in [6.45, 7) is 2.83. The van der Waals surface area contributed by atoms with Gasteiger partial charge in [0.25, 0.3) is 0 Å². The van der Waals surface area contributed by atoms with Gasteiger partial charge in [0.1, 0.15) is 5.82 Å². The Bertz CT molecular complexity index is 753. The number of rotatable bonds is 3. The summed E-state index contributed by atoms with van der Waals surface area (Å²) >= 11 is 3.43. The summed E-state index contributed by atoms with van der Waals surface area (Å²) < 4.78 is 1.01. The number of nitrogens with one attached hydrogen (secondary N) is 1. The van der Waals surface area contributed by atoms with Crippen LogP contribution < -0.4 is 5.32 Å². The Balaban J connectivity index is 1.79. The van der Waals surface area contributed by atoms with Crippen molar-refractivity contribution in [2.24, 2.45) is 0 Å². The molecule has 0 amide bonds. The van der Waals surface area contributed by atoms with Gasteiger partial charge in [0.05, 0.1) is 0 Å². The lowest BCUT2D eigenvalue weighted by atomic mass is 10.1. The molecule has 0 aliphatic rings. The van der Waals surface area contributed by atoms with Crippen LogP contribution in [-0.4, -0.2) is 4.98 Å². The smallest absolute Gasteiger partial charge is 0.129 e. The number of halogens is 1. The van der Waals surface area contributed by atoms with Gasteiger partial charge in [-0.15, -0.1) is 0 Å². The van der Waals surface area contributed by atoms with Crippen LogP contribution in [0.5, 0.6) is 0 Å². The lowest BCUT2D eigenvalue weighted by Crippen LogP contribution is -2.03. The summed E-state index contributed by atoms with van der Waals surface area (Å²) in [6.07, 6.45) is 1.82. The highest BCUT2D eigenvalue weighted by Crippen LogP contribution is 2.19. The molecule has 2 aromatic carbocycles. The zero-order valence-electron chi connectivity index (χ0n) is 11.2. The zero-order chi connectivity index (χ0) is 13.9. The Hall–Kier alpha value is -1.87. The van der Waals surface area contributed by atoms with Crippen LogP contribution in [0.2, 0.25) is 0 Å². The van der Waals surface area contributed by atoms with Crippen molar-refractivity contribution in [1.82, 2.24) is 4.98 Å². The second-order valence-corrected chi connectivity index (χ2v) is 5.77. The zero-order valence-corrected chi connectivity index (χ0v) is 12.8. The highest BCUT2D eigenvalue weighted by atomic mass is 79.9. The van der Waals surface area contributed by atoms with Gasteiger partial charge in [-0.25, -0.2) is 4.98 Å². The third-order valence-corrected chi connectivity index (χ3v) is 3.75. The highest BCUT2D eigenvalue weighted by molar-refractivity contribution is 9.10. The Morgan fingerprint density at radius 2 is 1.85 bits per heavy atom. The first-order valence-corrected chi connectivity index (χ1v) is 7.35. The number of pyridine rings is 1. The molecule has 0 aliphatic heterocycles. The van der Waals surface area contributed by atoms with Crippen molar-refractivity contribution in [2.45, 2.75) is 13.5 Å². The molecule has 0 fully saturated rings. The first kappa shape index (κ1) is 13.1. The lowest BCUT2D eigenvalue weighted by molar-refractivity contribution is 1.10. The van der Waals surface area contributed by atoms with Crippen LogP contribution in [0.4, 0.5) is 5.82 Å². The summed E-state index contributed by atoms with van der Waals surface area (Å²) in [5.41, 5.74) is 2.40. The number of hydrogen-bond donors (Lipinski definition) is 1. The molecule has 0 spiro atoms. The molecule has 2 nitrogen and oxygen atoms in total. The molecule has 1 aromatic heterocycles. The Morgan fingerprint density at radius 1 is 1.05 bits per heavy atom. The molecule has 1 heterocycles. The van der Waals surface area contributed by atoms with Crippen LogP contribution in [0.3, 0.4) is 0 Å². The van der Waals surface area contributed by atoms with Gasteiger partial charge >= 0.3 is 0 Å². The summed E-state index contributed by atoms with van der Waals surface area (Å²) in [5.74, 6) is 0.932. The molecule has 0 saturated carbocycles. The van der Waals surface area contributed by atoms with Crippen LogP contribution in [0.1, 0.15) is 11.1 Å². The minimum atomic E-state index is 0.778. The van der Waals surface area contributed by atoms with Gasteiger partial charge in [-0.2, -0.15) is 0 Å². The van der Waals surface area contributed by atoms with Crippen LogP contribution in [0, 0.1) is 6.92 Å². The summed E-state index contributed by atoms with van der Waals surface area (Å²) in [6, 6.07) is 17.0. The van der Waals surface area contributed by atoms with Gasteiger partial charge in [0.2, 0.25) is 0 Å². The third kappa shape index (κ3) is 2.83. The average Bonchev–Trinajstić information content (AvgIpc) is 2.46. The van der Waals surface area contributed by atoms with Crippen molar-refractivity contribution in [3.8, 4) is 0 Å². The summed E-state index contributed by atoms with van der Waals surface area (Å²) in [4.78, 5) is 4.40. The molecule has 0 aliphatic carbocycles. The van der Waals surface area contributed by atoms with Crippen LogP contribution in [0.25, 0.3) is 10.8 Å². The van der Waals surface area contributed by atoms with E-state index in [1.54, 1.807) is 0 Å². The Morgan fingerprint density at radius 3 is 2.65 bits per heavy atom. The van der Waals surface area contributed by atoms with E-state index in [2.05, 4.69) is 81.7 Å². The number of aryl methyl sites for hydroxylation is 1. The van der Waals surface area contributed by atoms with Crippen molar-refractivity contribution in [1.29, 1.82) is 0 Å². The Kier molecular flexibility index (Phi) is 3.70. The highest BCUT2D eigenvalue weighted by Gasteiger charge is 2.01. The molecule has 0 atom stereocenters. The van der Waals surface area contributed by atoms with Gasteiger partial charge in [0.15, 0.2) is 0 Å². The molecule has 0 saturated heterocycles. The molecule has 3 aromatic rings. The predicted molar refractivity (Wildman–Crippen MR) is 87.9 cm³/mol. The predicted octanol–water partition coefficient (Wildman–Crippen LogP) is 4.92. The first-order valence-electron chi connectivity index (χ1n) is 6.56. The van der Waals surface area contributed by atoms with Gasteiger partial charge < -0.3 is 5.32 Å². The van der Waals surface area contributed by atoms with Crippen molar-refractivity contribution in [3.63, 3.8) is 0 Å². The second kappa shape index (κ2) is 5.63. The van der Waals surface area contributed by atoms with Gasteiger partial charge in [0, 0.05) is 17.2 Å². The normalized spacial score (nSPS) is 10.7. The molecule has 3 heteroatoms. The van der Waals surface area contributed by atoms with Gasteiger partial charge in [-0.1, -0.05) is 36.4 Å². The fourth-order valence-corrected chi connectivity index (χ4v) is 2.71. The van der Waals surface area contributed by atoms with E-state index in [1.807, 2.05) is 6.20 Å².